The first-order valence-electron chi connectivity index (χ1n) is 7.16. The minimum Gasteiger partial charge on any atom is -0.452 e. The van der Waals surface area contributed by atoms with Crippen LogP contribution >= 0.6 is 0 Å². The van der Waals surface area contributed by atoms with Gasteiger partial charge in [0.15, 0.2) is 6.61 Å². The Morgan fingerprint density at radius 3 is 2.52 bits per heavy atom. The van der Waals surface area contributed by atoms with Crippen LogP contribution in [-0.4, -0.2) is 37.6 Å². The number of esters is 1. The van der Waals surface area contributed by atoms with Gasteiger partial charge in [-0.05, 0) is 29.8 Å². The Morgan fingerprint density at radius 1 is 1.17 bits per heavy atom. The summed E-state index contributed by atoms with van der Waals surface area (Å²) >= 11 is 0. The molecule has 0 radical (unpaired) electrons. The Hall–Kier alpha value is -2.89. The number of pyridine rings is 1. The highest BCUT2D eigenvalue weighted by Gasteiger charge is 2.09. The number of anilines is 1. The van der Waals surface area contributed by atoms with Crippen molar-refractivity contribution in [3.63, 3.8) is 0 Å². The third kappa shape index (κ3) is 5.10. The lowest BCUT2D eigenvalue weighted by atomic mass is 10.2. The lowest BCUT2D eigenvalue weighted by Gasteiger charge is -2.13. The fourth-order valence-corrected chi connectivity index (χ4v) is 1.86. The SMILES string of the molecule is CN(C)c1ccc(CNC(=O)COC(=O)c2cccnc2)cc1. The lowest BCUT2D eigenvalue weighted by molar-refractivity contribution is -0.124. The van der Waals surface area contributed by atoms with Crippen molar-refractivity contribution in [3.8, 4) is 0 Å². The van der Waals surface area contributed by atoms with Gasteiger partial charge in [-0.2, -0.15) is 0 Å². The zero-order valence-corrected chi connectivity index (χ0v) is 13.2. The Morgan fingerprint density at radius 2 is 1.91 bits per heavy atom. The Labute approximate surface area is 135 Å². The maximum Gasteiger partial charge on any atom is 0.340 e. The van der Waals surface area contributed by atoms with Gasteiger partial charge in [-0.25, -0.2) is 4.79 Å². The molecule has 2 aromatic rings. The van der Waals surface area contributed by atoms with Crippen molar-refractivity contribution in [1.82, 2.24) is 10.3 Å². The molecule has 1 N–H and O–H groups in total. The smallest absolute Gasteiger partial charge is 0.340 e. The van der Waals surface area contributed by atoms with E-state index in [-0.39, 0.29) is 12.5 Å². The molecule has 6 heteroatoms. The minimum absolute atomic E-state index is 0.316. The van der Waals surface area contributed by atoms with E-state index in [0.29, 0.717) is 12.1 Å². The van der Waals surface area contributed by atoms with Crippen LogP contribution in [0.1, 0.15) is 15.9 Å². The average molecular weight is 313 g/mol. The second-order valence-electron chi connectivity index (χ2n) is 5.16. The van der Waals surface area contributed by atoms with Crippen molar-refractivity contribution in [2.24, 2.45) is 0 Å². The third-order valence-electron chi connectivity index (χ3n) is 3.17. The fraction of sp³-hybridized carbons (Fsp3) is 0.235. The molecule has 23 heavy (non-hydrogen) atoms. The summed E-state index contributed by atoms with van der Waals surface area (Å²) in [5.74, 6) is -0.914. The summed E-state index contributed by atoms with van der Waals surface area (Å²) in [6.07, 6.45) is 2.96. The summed E-state index contributed by atoms with van der Waals surface area (Å²) in [5.41, 5.74) is 2.38. The number of benzene rings is 1. The Kier molecular flexibility index (Phi) is 5.68. The quantitative estimate of drug-likeness (QED) is 0.821. The number of rotatable bonds is 6. The van der Waals surface area contributed by atoms with Gasteiger partial charge in [0.05, 0.1) is 5.56 Å². The van der Waals surface area contributed by atoms with Gasteiger partial charge in [-0.3, -0.25) is 9.78 Å². The van der Waals surface area contributed by atoms with E-state index in [4.69, 9.17) is 4.74 Å². The van der Waals surface area contributed by atoms with E-state index in [2.05, 4.69) is 10.3 Å². The normalized spacial score (nSPS) is 10.0. The van der Waals surface area contributed by atoms with E-state index in [0.717, 1.165) is 11.3 Å². The summed E-state index contributed by atoms with van der Waals surface area (Å²) in [6, 6.07) is 11.1. The summed E-state index contributed by atoms with van der Waals surface area (Å²) in [7, 11) is 3.93. The van der Waals surface area contributed by atoms with Gasteiger partial charge in [0.2, 0.25) is 0 Å². The van der Waals surface area contributed by atoms with Crippen molar-refractivity contribution in [2.75, 3.05) is 25.6 Å². The van der Waals surface area contributed by atoms with Crippen LogP contribution in [0.3, 0.4) is 0 Å². The zero-order valence-electron chi connectivity index (χ0n) is 13.2. The molecule has 1 heterocycles. The number of carbonyl (C=O) groups is 2. The van der Waals surface area contributed by atoms with Crippen LogP contribution in [0.2, 0.25) is 0 Å². The molecule has 0 saturated carbocycles. The Bertz CT molecular complexity index is 655. The van der Waals surface area contributed by atoms with Gasteiger partial charge in [0.25, 0.3) is 5.91 Å². The van der Waals surface area contributed by atoms with Gasteiger partial charge >= 0.3 is 5.97 Å². The number of nitrogens with one attached hydrogen (secondary N) is 1. The highest BCUT2D eigenvalue weighted by Crippen LogP contribution is 2.11. The molecule has 0 atom stereocenters. The Balaban J connectivity index is 1.76. The van der Waals surface area contributed by atoms with Crippen molar-refractivity contribution in [1.29, 1.82) is 0 Å². The molecule has 0 bridgehead atoms. The maximum absolute atomic E-state index is 11.7. The van der Waals surface area contributed by atoms with Crippen LogP contribution < -0.4 is 10.2 Å². The van der Waals surface area contributed by atoms with Crippen LogP contribution in [0.25, 0.3) is 0 Å². The summed E-state index contributed by atoms with van der Waals surface area (Å²) < 4.78 is 4.93. The first-order chi connectivity index (χ1) is 11.1. The second kappa shape index (κ2) is 7.93. The lowest BCUT2D eigenvalue weighted by Crippen LogP contribution is -2.28. The standard InChI is InChI=1S/C17H19N3O3/c1-20(2)15-7-5-13(6-8-15)10-19-16(21)12-23-17(22)14-4-3-9-18-11-14/h3-9,11H,10,12H2,1-2H3,(H,19,21). The molecule has 0 fully saturated rings. The molecule has 6 nitrogen and oxygen atoms in total. The molecular formula is C17H19N3O3. The van der Waals surface area contributed by atoms with E-state index in [1.165, 1.54) is 6.20 Å². The zero-order chi connectivity index (χ0) is 16.7. The van der Waals surface area contributed by atoms with Gasteiger partial charge in [-0.15, -0.1) is 0 Å². The van der Waals surface area contributed by atoms with Crippen LogP contribution in [0.4, 0.5) is 5.69 Å². The topological polar surface area (TPSA) is 71.5 Å². The first-order valence-corrected chi connectivity index (χ1v) is 7.16. The van der Waals surface area contributed by atoms with Crippen LogP contribution in [0.5, 0.6) is 0 Å². The molecule has 0 aliphatic heterocycles. The fourth-order valence-electron chi connectivity index (χ4n) is 1.86. The molecule has 1 amide bonds. The van der Waals surface area contributed by atoms with Crippen molar-refractivity contribution >= 4 is 17.6 Å². The van der Waals surface area contributed by atoms with Crippen LogP contribution in [0, 0.1) is 0 Å². The summed E-state index contributed by atoms with van der Waals surface area (Å²) in [4.78, 5) is 29.2. The molecule has 0 spiro atoms. The van der Waals surface area contributed by atoms with Gasteiger partial charge in [0, 0.05) is 38.7 Å². The second-order valence-corrected chi connectivity index (χ2v) is 5.16. The highest BCUT2D eigenvalue weighted by molar-refractivity contribution is 5.90. The molecule has 0 saturated heterocycles. The van der Waals surface area contributed by atoms with Crippen molar-refractivity contribution in [2.45, 2.75) is 6.54 Å². The summed E-state index contributed by atoms with van der Waals surface area (Å²) in [6.45, 7) is 0.0699. The molecule has 120 valence electrons. The van der Waals surface area contributed by atoms with E-state index >= 15 is 0 Å². The predicted molar refractivity (Wildman–Crippen MR) is 87.1 cm³/mol. The largest absolute Gasteiger partial charge is 0.452 e. The minimum atomic E-state index is -0.566. The number of hydrogen-bond acceptors (Lipinski definition) is 5. The molecule has 0 aliphatic carbocycles. The number of amides is 1. The molecule has 0 unspecified atom stereocenters. The van der Waals surface area contributed by atoms with E-state index in [1.54, 1.807) is 18.3 Å². The van der Waals surface area contributed by atoms with E-state index in [9.17, 15) is 9.59 Å². The number of carbonyl (C=O) groups excluding carboxylic acids is 2. The number of hydrogen-bond donors (Lipinski definition) is 1. The van der Waals surface area contributed by atoms with Gasteiger partial charge < -0.3 is 15.0 Å². The predicted octanol–water partition coefficient (Wildman–Crippen LogP) is 1.62. The van der Waals surface area contributed by atoms with E-state index in [1.807, 2.05) is 43.3 Å². The number of aromatic nitrogens is 1. The average Bonchev–Trinajstić information content (AvgIpc) is 2.59. The van der Waals surface area contributed by atoms with Gasteiger partial charge in [-0.1, -0.05) is 12.1 Å². The third-order valence-corrected chi connectivity index (χ3v) is 3.17. The van der Waals surface area contributed by atoms with Crippen LogP contribution in [0.15, 0.2) is 48.8 Å². The molecular weight excluding hydrogens is 294 g/mol. The monoisotopic (exact) mass is 313 g/mol. The van der Waals surface area contributed by atoms with E-state index < -0.39 is 5.97 Å². The highest BCUT2D eigenvalue weighted by atomic mass is 16.5. The number of ether oxygens (including phenoxy) is 1. The molecule has 1 aromatic heterocycles. The van der Waals surface area contributed by atoms with Crippen LogP contribution in [-0.2, 0) is 16.1 Å². The summed E-state index contributed by atoms with van der Waals surface area (Å²) in [5, 5.41) is 2.71. The van der Waals surface area contributed by atoms with Gasteiger partial charge in [0.1, 0.15) is 0 Å². The first kappa shape index (κ1) is 16.5. The maximum atomic E-state index is 11.7. The van der Waals surface area contributed by atoms with Crippen molar-refractivity contribution < 1.29 is 14.3 Å². The molecule has 0 aliphatic rings. The van der Waals surface area contributed by atoms with Crippen molar-refractivity contribution in [3.05, 3.63) is 59.9 Å². The molecule has 2 rings (SSSR count). The molecule has 1 aromatic carbocycles. The number of nitrogens with zero attached hydrogens (tertiary/aromatic N) is 2.